The molecule has 5 heteroatoms. The SMILES string of the molecule is O=C1CCc2ccccc2I(OC(=O)C23CC4CC(CC(C4)C2)C3)O1. The third-order valence-electron chi connectivity index (χ3n) is 6.49. The Morgan fingerprint density at radius 2 is 1.68 bits per heavy atom. The second-order valence-corrected chi connectivity index (χ2v) is 11.6. The van der Waals surface area contributed by atoms with Crippen LogP contribution >= 0.6 is 20.6 Å². The maximum absolute atomic E-state index is 13.2. The Labute approximate surface area is 156 Å². The Kier molecular flexibility index (Phi) is 3.84. The normalized spacial score (nSPS) is 37.2. The predicted molar refractivity (Wildman–Crippen MR) is 100 cm³/mol. The third-order valence-corrected chi connectivity index (χ3v) is 10.2. The van der Waals surface area contributed by atoms with E-state index in [4.69, 9.17) is 6.13 Å². The van der Waals surface area contributed by atoms with Crippen molar-refractivity contribution < 1.29 is 15.7 Å². The number of benzene rings is 1. The number of hydrogen-bond donors (Lipinski definition) is 0. The fraction of sp³-hybridized carbons (Fsp3) is 0.600. The zero-order valence-electron chi connectivity index (χ0n) is 14.2. The van der Waals surface area contributed by atoms with E-state index in [1.807, 2.05) is 24.3 Å². The molecule has 134 valence electrons. The Bertz CT molecular complexity index is 693. The van der Waals surface area contributed by atoms with Crippen LogP contribution in [0.1, 0.15) is 50.5 Å². The van der Waals surface area contributed by atoms with Crippen molar-refractivity contribution in [2.75, 3.05) is 0 Å². The maximum atomic E-state index is 13.2. The molecule has 0 N–H and O–H groups in total. The van der Waals surface area contributed by atoms with Gasteiger partial charge in [0.1, 0.15) is 0 Å². The number of carbonyl (C=O) groups is 2. The van der Waals surface area contributed by atoms with Crippen LogP contribution in [-0.4, -0.2) is 11.9 Å². The van der Waals surface area contributed by atoms with Crippen molar-refractivity contribution in [3.05, 3.63) is 33.4 Å². The summed E-state index contributed by atoms with van der Waals surface area (Å²) in [6, 6.07) is 7.93. The van der Waals surface area contributed by atoms with Crippen LogP contribution in [0.15, 0.2) is 24.3 Å². The zero-order chi connectivity index (χ0) is 17.0. The van der Waals surface area contributed by atoms with Gasteiger partial charge < -0.3 is 0 Å². The summed E-state index contributed by atoms with van der Waals surface area (Å²) in [6.45, 7) is 0. The first-order chi connectivity index (χ1) is 12.1. The van der Waals surface area contributed by atoms with Crippen molar-refractivity contribution in [1.82, 2.24) is 0 Å². The molecular weight excluding hydrogens is 431 g/mol. The molecule has 4 fully saturated rings. The van der Waals surface area contributed by atoms with E-state index in [1.165, 1.54) is 19.3 Å². The molecule has 0 amide bonds. The van der Waals surface area contributed by atoms with E-state index in [-0.39, 0.29) is 17.4 Å². The molecule has 1 aromatic carbocycles. The molecule has 0 atom stereocenters. The molecule has 4 bridgehead atoms. The summed E-state index contributed by atoms with van der Waals surface area (Å²) >= 11 is -2.72. The van der Waals surface area contributed by atoms with Gasteiger partial charge in [0.2, 0.25) is 0 Å². The Hall–Kier alpha value is -1.11. The number of hydrogen-bond acceptors (Lipinski definition) is 4. The predicted octanol–water partition coefficient (Wildman–Crippen LogP) is 4.44. The Morgan fingerprint density at radius 1 is 1.04 bits per heavy atom. The van der Waals surface area contributed by atoms with E-state index in [0.717, 1.165) is 28.4 Å². The summed E-state index contributed by atoms with van der Waals surface area (Å²) in [6.07, 6.45) is 7.90. The molecule has 4 nitrogen and oxygen atoms in total. The molecule has 1 aromatic rings. The Balaban J connectivity index is 1.41. The quantitative estimate of drug-likeness (QED) is 0.621. The van der Waals surface area contributed by atoms with E-state index < -0.39 is 20.6 Å². The van der Waals surface area contributed by atoms with Crippen LogP contribution in [0.5, 0.6) is 0 Å². The molecule has 25 heavy (non-hydrogen) atoms. The van der Waals surface area contributed by atoms with Gasteiger partial charge in [-0.05, 0) is 0 Å². The van der Waals surface area contributed by atoms with Gasteiger partial charge >= 0.3 is 156 Å². The molecule has 0 aromatic heterocycles. The summed E-state index contributed by atoms with van der Waals surface area (Å²) in [5, 5.41) is 0. The number of halogens is 1. The summed E-state index contributed by atoms with van der Waals surface area (Å²) in [5.41, 5.74) is 0.816. The molecule has 0 unspecified atom stereocenters. The number of aryl methyl sites for hydroxylation is 1. The van der Waals surface area contributed by atoms with Crippen molar-refractivity contribution in [2.45, 2.75) is 51.4 Å². The van der Waals surface area contributed by atoms with Gasteiger partial charge in [-0.3, -0.25) is 0 Å². The van der Waals surface area contributed by atoms with Crippen molar-refractivity contribution in [2.24, 2.45) is 23.2 Å². The third kappa shape index (κ3) is 2.78. The fourth-order valence-electron chi connectivity index (χ4n) is 5.81. The molecule has 4 aliphatic carbocycles. The van der Waals surface area contributed by atoms with Gasteiger partial charge in [0.25, 0.3) is 0 Å². The molecule has 4 saturated carbocycles. The fourth-order valence-corrected chi connectivity index (χ4v) is 9.39. The van der Waals surface area contributed by atoms with E-state index in [1.54, 1.807) is 0 Å². The molecule has 0 saturated heterocycles. The monoisotopic (exact) mass is 454 g/mol. The summed E-state index contributed by atoms with van der Waals surface area (Å²) in [4.78, 5) is 25.2. The van der Waals surface area contributed by atoms with E-state index in [2.05, 4.69) is 0 Å². The first-order valence-electron chi connectivity index (χ1n) is 9.33. The average molecular weight is 454 g/mol. The van der Waals surface area contributed by atoms with Gasteiger partial charge in [0, 0.05) is 0 Å². The minimum atomic E-state index is -2.72. The molecular formula is C20H23IO4. The summed E-state index contributed by atoms with van der Waals surface area (Å²) < 4.78 is 12.7. The van der Waals surface area contributed by atoms with Gasteiger partial charge in [-0.25, -0.2) is 0 Å². The first-order valence-corrected chi connectivity index (χ1v) is 12.2. The van der Waals surface area contributed by atoms with Crippen LogP contribution in [0, 0.1) is 26.7 Å². The molecule has 0 spiro atoms. The van der Waals surface area contributed by atoms with Crippen LogP contribution in [-0.2, 0) is 22.1 Å². The molecule has 0 radical (unpaired) electrons. The van der Waals surface area contributed by atoms with Gasteiger partial charge in [-0.15, -0.1) is 0 Å². The Morgan fingerprint density at radius 3 is 2.36 bits per heavy atom. The standard InChI is InChI=1S/C20H23IO4/c22-18-6-5-16-3-1-2-4-17(16)21(24-18)25-19(23)20-10-13-7-14(11-20)9-15(8-13)12-20/h1-4,13-15H,5-12H2. The van der Waals surface area contributed by atoms with Gasteiger partial charge in [-0.2, -0.15) is 0 Å². The van der Waals surface area contributed by atoms with E-state index >= 15 is 0 Å². The van der Waals surface area contributed by atoms with Crippen LogP contribution in [0.4, 0.5) is 0 Å². The number of rotatable bonds is 2. The van der Waals surface area contributed by atoms with E-state index in [0.29, 0.717) is 30.6 Å². The molecule has 1 heterocycles. The van der Waals surface area contributed by atoms with Crippen LogP contribution in [0.2, 0.25) is 0 Å². The van der Waals surface area contributed by atoms with E-state index in [9.17, 15) is 9.59 Å². The molecule has 6 rings (SSSR count). The topological polar surface area (TPSA) is 52.6 Å². The first kappa shape index (κ1) is 16.1. The number of fused-ring (bicyclic) bond motifs is 1. The molecule has 1 aliphatic heterocycles. The van der Waals surface area contributed by atoms with Crippen molar-refractivity contribution in [3.8, 4) is 0 Å². The molecule has 5 aliphatic rings. The van der Waals surface area contributed by atoms with Crippen LogP contribution in [0.25, 0.3) is 0 Å². The van der Waals surface area contributed by atoms with Gasteiger partial charge in [-0.1, -0.05) is 0 Å². The van der Waals surface area contributed by atoms with Crippen LogP contribution in [0.3, 0.4) is 0 Å². The van der Waals surface area contributed by atoms with Crippen molar-refractivity contribution in [1.29, 1.82) is 0 Å². The second kappa shape index (κ2) is 5.96. The van der Waals surface area contributed by atoms with Crippen LogP contribution < -0.4 is 0 Å². The average Bonchev–Trinajstić information content (AvgIpc) is 2.73. The van der Waals surface area contributed by atoms with Gasteiger partial charge in [0.05, 0.1) is 0 Å². The van der Waals surface area contributed by atoms with Gasteiger partial charge in [0.15, 0.2) is 0 Å². The zero-order valence-corrected chi connectivity index (χ0v) is 16.4. The second-order valence-electron chi connectivity index (χ2n) is 8.32. The summed E-state index contributed by atoms with van der Waals surface area (Å²) in [5.74, 6) is 1.81. The van der Waals surface area contributed by atoms with Crippen molar-refractivity contribution >= 4 is 32.6 Å². The summed E-state index contributed by atoms with van der Waals surface area (Å²) in [7, 11) is 0. The van der Waals surface area contributed by atoms with Crippen molar-refractivity contribution in [3.63, 3.8) is 0 Å². The minimum absolute atomic E-state index is 0.0682. The number of carbonyl (C=O) groups excluding carboxylic acids is 2.